The third kappa shape index (κ3) is 4.08. The molecule has 0 amide bonds. The highest BCUT2D eigenvalue weighted by atomic mass is 79.9. The maximum atomic E-state index is 14.0. The van der Waals surface area contributed by atoms with E-state index >= 15 is 0 Å². The van der Waals surface area contributed by atoms with Gasteiger partial charge in [0.05, 0.1) is 20.0 Å². The van der Waals surface area contributed by atoms with Crippen LogP contribution in [0.15, 0.2) is 27.7 Å². The number of pyridine rings is 1. The minimum Gasteiger partial charge on any atom is -0.374 e. The quantitative estimate of drug-likeness (QED) is 0.547. The zero-order valence-electron chi connectivity index (χ0n) is 12.6. The first-order valence-corrected chi connectivity index (χ1v) is 8.90. The van der Waals surface area contributed by atoms with E-state index in [4.69, 9.17) is 5.14 Å². The Morgan fingerprint density at radius 1 is 1.36 bits per heavy atom. The molecule has 0 fully saturated rings. The molecule has 25 heavy (non-hydrogen) atoms. The number of benzene rings is 1. The fourth-order valence-electron chi connectivity index (χ4n) is 1.97. The van der Waals surface area contributed by atoms with Crippen LogP contribution in [0.1, 0.15) is 11.3 Å². The fraction of sp³-hybridized carbons (Fsp3) is 0.154. The van der Waals surface area contributed by atoms with Gasteiger partial charge < -0.3 is 5.32 Å². The van der Waals surface area contributed by atoms with Crippen LogP contribution in [0, 0.1) is 28.7 Å². The molecule has 1 aromatic heterocycles. The van der Waals surface area contributed by atoms with E-state index in [0.717, 1.165) is 6.20 Å². The van der Waals surface area contributed by atoms with Crippen molar-refractivity contribution in [3.8, 4) is 0 Å². The minimum atomic E-state index is -4.27. The van der Waals surface area contributed by atoms with Gasteiger partial charge in [0.25, 0.3) is 0 Å². The Morgan fingerprint density at radius 3 is 2.40 bits per heavy atom. The zero-order valence-corrected chi connectivity index (χ0v) is 15.0. The molecule has 0 aliphatic rings. The molecule has 0 saturated carbocycles. The number of primary sulfonamides is 1. The van der Waals surface area contributed by atoms with E-state index in [1.54, 1.807) is 6.92 Å². The lowest BCUT2D eigenvalue weighted by atomic mass is 10.2. The predicted molar refractivity (Wildman–Crippen MR) is 88.4 cm³/mol. The standard InChI is InChI=1S/C13H11BrF2N4O4S/c1-6-12(14)13(11(5-18-6)20(21)22)19-4-8-9(15)2-7(3-10(8)16)25(17,23)24/h2-3,5H,4H2,1H3,(H,18,19)(H2,17,23,24). The first kappa shape index (κ1) is 19.1. The molecule has 0 aliphatic carbocycles. The number of sulfonamides is 1. The zero-order chi connectivity index (χ0) is 18.9. The smallest absolute Gasteiger partial charge is 0.311 e. The van der Waals surface area contributed by atoms with E-state index in [1.807, 2.05) is 0 Å². The summed E-state index contributed by atoms with van der Waals surface area (Å²) in [7, 11) is -4.27. The molecule has 12 heteroatoms. The van der Waals surface area contributed by atoms with Crippen LogP contribution in [-0.2, 0) is 16.6 Å². The summed E-state index contributed by atoms with van der Waals surface area (Å²) in [6.45, 7) is 1.12. The van der Waals surface area contributed by atoms with Crippen LogP contribution in [0.25, 0.3) is 0 Å². The second-order valence-electron chi connectivity index (χ2n) is 4.94. The van der Waals surface area contributed by atoms with Crippen LogP contribution < -0.4 is 10.5 Å². The molecule has 0 spiro atoms. The number of anilines is 1. The van der Waals surface area contributed by atoms with Crippen molar-refractivity contribution in [3.63, 3.8) is 0 Å². The van der Waals surface area contributed by atoms with Gasteiger partial charge in [-0.1, -0.05) is 0 Å². The van der Waals surface area contributed by atoms with E-state index < -0.39 is 43.6 Å². The molecule has 1 heterocycles. The van der Waals surface area contributed by atoms with Gasteiger partial charge >= 0.3 is 5.69 Å². The van der Waals surface area contributed by atoms with Crippen molar-refractivity contribution in [3.05, 3.63) is 55.8 Å². The molecule has 0 bridgehead atoms. The molecular formula is C13H11BrF2N4O4S. The third-order valence-electron chi connectivity index (χ3n) is 3.26. The number of hydrogen-bond donors (Lipinski definition) is 2. The number of aryl methyl sites for hydroxylation is 1. The number of hydrogen-bond acceptors (Lipinski definition) is 6. The number of rotatable bonds is 5. The van der Waals surface area contributed by atoms with Crippen LogP contribution in [0.4, 0.5) is 20.2 Å². The normalized spacial score (nSPS) is 11.4. The lowest BCUT2D eigenvalue weighted by Gasteiger charge is -2.12. The Hall–Kier alpha value is -2.18. The summed E-state index contributed by atoms with van der Waals surface area (Å²) in [4.78, 5) is 13.5. The molecule has 0 aliphatic heterocycles. The van der Waals surface area contributed by atoms with Crippen LogP contribution in [0.3, 0.4) is 0 Å². The number of aromatic nitrogens is 1. The fourth-order valence-corrected chi connectivity index (χ4v) is 2.95. The monoisotopic (exact) mass is 436 g/mol. The topological polar surface area (TPSA) is 128 Å². The van der Waals surface area contributed by atoms with Gasteiger partial charge in [0.2, 0.25) is 10.0 Å². The molecule has 0 saturated heterocycles. The lowest BCUT2D eigenvalue weighted by molar-refractivity contribution is -0.384. The van der Waals surface area contributed by atoms with E-state index in [-0.39, 0.29) is 15.8 Å². The van der Waals surface area contributed by atoms with Gasteiger partial charge in [-0.25, -0.2) is 22.3 Å². The first-order chi connectivity index (χ1) is 11.5. The van der Waals surface area contributed by atoms with Gasteiger partial charge in [0.15, 0.2) is 0 Å². The summed E-state index contributed by atoms with van der Waals surface area (Å²) in [5.41, 5.74) is -0.465. The molecule has 3 N–H and O–H groups in total. The summed E-state index contributed by atoms with van der Waals surface area (Å²) < 4.78 is 50.7. The highest BCUT2D eigenvalue weighted by Gasteiger charge is 2.21. The average molecular weight is 437 g/mol. The van der Waals surface area contributed by atoms with Crippen molar-refractivity contribution in [2.75, 3.05) is 5.32 Å². The summed E-state index contributed by atoms with van der Waals surface area (Å²) in [5.74, 6) is -2.30. The Kier molecular flexibility index (Phi) is 5.34. The van der Waals surface area contributed by atoms with Crippen molar-refractivity contribution < 1.29 is 22.1 Å². The van der Waals surface area contributed by atoms with Crippen LogP contribution in [-0.4, -0.2) is 18.3 Å². The molecule has 1 aromatic carbocycles. The SMILES string of the molecule is Cc1ncc([N+](=O)[O-])c(NCc2c(F)cc(S(N)(=O)=O)cc2F)c1Br. The van der Waals surface area contributed by atoms with Crippen molar-refractivity contribution >= 4 is 37.3 Å². The Balaban J connectivity index is 2.41. The number of halogens is 3. The van der Waals surface area contributed by atoms with Gasteiger partial charge in [0.1, 0.15) is 23.5 Å². The highest BCUT2D eigenvalue weighted by Crippen LogP contribution is 2.34. The van der Waals surface area contributed by atoms with Gasteiger partial charge in [-0.05, 0) is 35.0 Å². The van der Waals surface area contributed by atoms with Crippen molar-refractivity contribution in [2.45, 2.75) is 18.4 Å². The van der Waals surface area contributed by atoms with Gasteiger partial charge in [-0.15, -0.1) is 0 Å². The van der Waals surface area contributed by atoms with E-state index in [2.05, 4.69) is 26.2 Å². The number of nitrogens with one attached hydrogen (secondary N) is 1. The first-order valence-electron chi connectivity index (χ1n) is 6.56. The van der Waals surface area contributed by atoms with E-state index in [9.17, 15) is 27.3 Å². The van der Waals surface area contributed by atoms with Crippen LogP contribution >= 0.6 is 15.9 Å². The minimum absolute atomic E-state index is 0.00757. The van der Waals surface area contributed by atoms with E-state index in [0.29, 0.717) is 17.8 Å². The summed E-state index contributed by atoms with van der Waals surface area (Å²) >= 11 is 3.13. The average Bonchev–Trinajstić information content (AvgIpc) is 2.48. The van der Waals surface area contributed by atoms with E-state index in [1.165, 1.54) is 0 Å². The molecule has 0 atom stereocenters. The second kappa shape index (κ2) is 6.98. The molecule has 2 rings (SSSR count). The van der Waals surface area contributed by atoms with Gasteiger partial charge in [0, 0.05) is 12.1 Å². The third-order valence-corrected chi connectivity index (χ3v) is 5.12. The summed E-state index contributed by atoms with van der Waals surface area (Å²) in [6, 6.07) is 1.16. The molecule has 2 aromatic rings. The number of nitrogens with zero attached hydrogens (tertiary/aromatic N) is 2. The molecule has 0 unspecified atom stereocenters. The second-order valence-corrected chi connectivity index (χ2v) is 7.29. The molecular weight excluding hydrogens is 426 g/mol. The van der Waals surface area contributed by atoms with Gasteiger partial charge in [-0.2, -0.15) is 0 Å². The van der Waals surface area contributed by atoms with Crippen LogP contribution in [0.5, 0.6) is 0 Å². The maximum absolute atomic E-state index is 14.0. The van der Waals surface area contributed by atoms with Crippen molar-refractivity contribution in [1.29, 1.82) is 0 Å². The summed E-state index contributed by atoms with van der Waals surface area (Å²) in [6.07, 6.45) is 1.01. The number of nitrogens with two attached hydrogens (primary N) is 1. The van der Waals surface area contributed by atoms with Crippen molar-refractivity contribution in [2.24, 2.45) is 5.14 Å². The Labute approximate surface area is 149 Å². The Bertz CT molecular complexity index is 946. The molecule has 8 nitrogen and oxygen atoms in total. The maximum Gasteiger partial charge on any atom is 0.311 e. The molecule has 0 radical (unpaired) electrons. The largest absolute Gasteiger partial charge is 0.374 e. The highest BCUT2D eigenvalue weighted by molar-refractivity contribution is 9.10. The Morgan fingerprint density at radius 2 is 1.92 bits per heavy atom. The molecule has 134 valence electrons. The van der Waals surface area contributed by atoms with Crippen LogP contribution in [0.2, 0.25) is 0 Å². The number of nitro groups is 1. The summed E-state index contributed by atoms with van der Waals surface area (Å²) in [5, 5.41) is 18.5. The lowest BCUT2D eigenvalue weighted by Crippen LogP contribution is -2.14. The predicted octanol–water partition coefficient (Wildman–Crippen LogP) is 2.60. The van der Waals surface area contributed by atoms with Crippen molar-refractivity contribution in [1.82, 2.24) is 4.98 Å². The van der Waals surface area contributed by atoms with Gasteiger partial charge in [-0.3, -0.25) is 15.1 Å².